The Kier molecular flexibility index (Phi) is 4.19. The van der Waals surface area contributed by atoms with Gasteiger partial charge >= 0.3 is 0 Å². The average molecular weight is 379 g/mol. The highest BCUT2D eigenvalue weighted by Crippen LogP contribution is 2.31. The van der Waals surface area contributed by atoms with E-state index in [-0.39, 0.29) is 0 Å². The number of fused-ring (bicyclic) bond motifs is 1. The van der Waals surface area contributed by atoms with Crippen molar-refractivity contribution in [1.29, 1.82) is 0 Å². The summed E-state index contributed by atoms with van der Waals surface area (Å²) in [5, 5.41) is 3.32. The zero-order valence-corrected chi connectivity index (χ0v) is 13.7. The summed E-state index contributed by atoms with van der Waals surface area (Å²) in [4.78, 5) is 9.29. The molecule has 1 atom stereocenters. The summed E-state index contributed by atoms with van der Waals surface area (Å²) in [6, 6.07) is 8.73. The number of benzene rings is 1. The van der Waals surface area contributed by atoms with Gasteiger partial charge in [0.25, 0.3) is 0 Å². The van der Waals surface area contributed by atoms with E-state index in [9.17, 15) is 0 Å². The minimum Gasteiger partial charge on any atom is -0.369 e. The molecule has 1 aromatic carbocycles. The largest absolute Gasteiger partial charge is 0.369 e. The standard InChI is InChI=1S/C16H18IN3/c1-2-18-16-14(17)10-19-15(20-16)13-8-7-11-5-3-4-6-12(11)9-13/h3-6,10,13H,2,7-9H2,1H3,(H,18,19,20). The molecule has 0 fully saturated rings. The molecule has 0 aliphatic heterocycles. The number of aryl methyl sites for hydroxylation is 1. The molecule has 1 N–H and O–H groups in total. The van der Waals surface area contributed by atoms with Gasteiger partial charge in [0.2, 0.25) is 0 Å². The fraction of sp³-hybridized carbons (Fsp3) is 0.375. The quantitative estimate of drug-likeness (QED) is 0.825. The molecule has 0 saturated heterocycles. The molecule has 3 nitrogen and oxygen atoms in total. The first-order chi connectivity index (χ1) is 9.78. The summed E-state index contributed by atoms with van der Waals surface area (Å²) >= 11 is 2.28. The third kappa shape index (κ3) is 2.80. The predicted octanol–water partition coefficient (Wildman–Crippen LogP) is 3.79. The summed E-state index contributed by atoms with van der Waals surface area (Å²) in [7, 11) is 0. The second kappa shape index (κ2) is 6.08. The van der Waals surface area contributed by atoms with Crippen molar-refractivity contribution in [1.82, 2.24) is 9.97 Å². The molecule has 4 heteroatoms. The minimum atomic E-state index is 0.444. The van der Waals surface area contributed by atoms with Crippen LogP contribution >= 0.6 is 22.6 Å². The van der Waals surface area contributed by atoms with E-state index in [4.69, 9.17) is 4.98 Å². The number of halogens is 1. The molecule has 0 saturated carbocycles. The van der Waals surface area contributed by atoms with Gasteiger partial charge < -0.3 is 5.32 Å². The zero-order chi connectivity index (χ0) is 13.9. The highest BCUT2D eigenvalue weighted by Gasteiger charge is 2.22. The SMILES string of the molecule is CCNc1nc(C2CCc3ccccc3C2)ncc1I. The molecule has 3 rings (SSSR count). The maximum Gasteiger partial charge on any atom is 0.143 e. The molecular formula is C16H18IN3. The van der Waals surface area contributed by atoms with Gasteiger partial charge in [-0.05, 0) is 59.9 Å². The first-order valence-corrected chi connectivity index (χ1v) is 8.19. The van der Waals surface area contributed by atoms with Gasteiger partial charge in [-0.25, -0.2) is 9.97 Å². The van der Waals surface area contributed by atoms with Crippen LogP contribution in [-0.4, -0.2) is 16.5 Å². The van der Waals surface area contributed by atoms with Gasteiger partial charge in [0.15, 0.2) is 0 Å². The van der Waals surface area contributed by atoms with E-state index in [1.54, 1.807) is 0 Å². The lowest BCUT2D eigenvalue weighted by Gasteiger charge is -2.23. The summed E-state index contributed by atoms with van der Waals surface area (Å²) in [5.41, 5.74) is 2.94. The Morgan fingerprint density at radius 3 is 2.90 bits per heavy atom. The van der Waals surface area contributed by atoms with E-state index in [1.165, 1.54) is 11.1 Å². The summed E-state index contributed by atoms with van der Waals surface area (Å²) in [5.74, 6) is 2.40. The fourth-order valence-corrected chi connectivity index (χ4v) is 3.24. The van der Waals surface area contributed by atoms with Gasteiger partial charge in [-0.1, -0.05) is 24.3 Å². The lowest BCUT2D eigenvalue weighted by atomic mass is 9.83. The van der Waals surface area contributed by atoms with Crippen LogP contribution in [0.5, 0.6) is 0 Å². The molecule has 1 aliphatic carbocycles. The number of rotatable bonds is 3. The Bertz CT molecular complexity index is 612. The van der Waals surface area contributed by atoms with Gasteiger partial charge in [-0.3, -0.25) is 0 Å². The molecule has 20 heavy (non-hydrogen) atoms. The molecule has 1 aromatic heterocycles. The van der Waals surface area contributed by atoms with Gasteiger partial charge in [0.05, 0.1) is 3.57 Å². The van der Waals surface area contributed by atoms with E-state index in [1.807, 2.05) is 6.20 Å². The fourth-order valence-electron chi connectivity index (χ4n) is 2.79. The van der Waals surface area contributed by atoms with E-state index in [0.717, 1.165) is 41.0 Å². The van der Waals surface area contributed by atoms with Crippen LogP contribution in [0.1, 0.15) is 36.2 Å². The maximum atomic E-state index is 4.73. The Hall–Kier alpha value is -1.17. The number of nitrogens with one attached hydrogen (secondary N) is 1. The van der Waals surface area contributed by atoms with E-state index in [2.05, 4.69) is 64.1 Å². The van der Waals surface area contributed by atoms with Crippen molar-refractivity contribution in [2.24, 2.45) is 0 Å². The van der Waals surface area contributed by atoms with E-state index in [0.29, 0.717) is 5.92 Å². The first-order valence-electron chi connectivity index (χ1n) is 7.11. The summed E-state index contributed by atoms with van der Waals surface area (Å²) < 4.78 is 1.09. The van der Waals surface area contributed by atoms with E-state index < -0.39 is 0 Å². The van der Waals surface area contributed by atoms with Crippen molar-refractivity contribution in [2.45, 2.75) is 32.1 Å². The molecule has 0 radical (unpaired) electrons. The minimum absolute atomic E-state index is 0.444. The smallest absolute Gasteiger partial charge is 0.143 e. The van der Waals surface area contributed by atoms with Crippen LogP contribution in [0.4, 0.5) is 5.82 Å². The molecule has 0 amide bonds. The molecule has 104 valence electrons. The van der Waals surface area contributed by atoms with Gasteiger partial charge in [0.1, 0.15) is 11.6 Å². The Morgan fingerprint density at radius 1 is 1.30 bits per heavy atom. The van der Waals surface area contributed by atoms with Crippen molar-refractivity contribution < 1.29 is 0 Å². The van der Waals surface area contributed by atoms with Crippen LogP contribution in [0.15, 0.2) is 30.5 Å². The average Bonchev–Trinajstić information content (AvgIpc) is 2.49. The molecular weight excluding hydrogens is 361 g/mol. The van der Waals surface area contributed by atoms with Crippen molar-refractivity contribution in [3.8, 4) is 0 Å². The Labute approximate surface area is 133 Å². The number of hydrogen-bond donors (Lipinski definition) is 1. The van der Waals surface area contributed by atoms with Crippen molar-refractivity contribution in [2.75, 3.05) is 11.9 Å². The van der Waals surface area contributed by atoms with Crippen LogP contribution < -0.4 is 5.32 Å². The van der Waals surface area contributed by atoms with Crippen LogP contribution in [0.2, 0.25) is 0 Å². The van der Waals surface area contributed by atoms with Gasteiger partial charge in [-0.2, -0.15) is 0 Å². The highest BCUT2D eigenvalue weighted by atomic mass is 127. The topological polar surface area (TPSA) is 37.8 Å². The number of nitrogens with zero attached hydrogens (tertiary/aromatic N) is 2. The lowest BCUT2D eigenvalue weighted by Crippen LogP contribution is -2.16. The zero-order valence-electron chi connectivity index (χ0n) is 11.6. The normalized spacial score (nSPS) is 17.6. The highest BCUT2D eigenvalue weighted by molar-refractivity contribution is 14.1. The monoisotopic (exact) mass is 379 g/mol. The van der Waals surface area contributed by atoms with Crippen molar-refractivity contribution >= 4 is 28.4 Å². The molecule has 1 heterocycles. The van der Waals surface area contributed by atoms with Crippen molar-refractivity contribution in [3.05, 3.63) is 51.0 Å². The number of hydrogen-bond acceptors (Lipinski definition) is 3. The van der Waals surface area contributed by atoms with Crippen LogP contribution in [0.25, 0.3) is 0 Å². The van der Waals surface area contributed by atoms with Gasteiger partial charge in [-0.15, -0.1) is 0 Å². The summed E-state index contributed by atoms with van der Waals surface area (Å²) in [6.45, 7) is 2.98. The molecule has 0 spiro atoms. The number of anilines is 1. The van der Waals surface area contributed by atoms with Gasteiger partial charge in [0, 0.05) is 18.7 Å². The second-order valence-corrected chi connectivity index (χ2v) is 6.33. The lowest BCUT2D eigenvalue weighted by molar-refractivity contribution is 0.555. The third-order valence-corrected chi connectivity index (χ3v) is 4.61. The van der Waals surface area contributed by atoms with Crippen LogP contribution in [-0.2, 0) is 12.8 Å². The predicted molar refractivity (Wildman–Crippen MR) is 90.1 cm³/mol. The number of aromatic nitrogens is 2. The van der Waals surface area contributed by atoms with E-state index >= 15 is 0 Å². The van der Waals surface area contributed by atoms with Crippen molar-refractivity contribution in [3.63, 3.8) is 0 Å². The molecule has 1 aliphatic rings. The maximum absolute atomic E-state index is 4.73. The Balaban J connectivity index is 1.86. The van der Waals surface area contributed by atoms with Crippen LogP contribution in [0, 0.1) is 3.57 Å². The Morgan fingerprint density at radius 2 is 2.10 bits per heavy atom. The molecule has 1 unspecified atom stereocenters. The third-order valence-electron chi connectivity index (χ3n) is 3.82. The first kappa shape index (κ1) is 13.8. The second-order valence-electron chi connectivity index (χ2n) is 5.16. The molecule has 2 aromatic rings. The summed E-state index contributed by atoms with van der Waals surface area (Å²) in [6.07, 6.45) is 5.26. The van der Waals surface area contributed by atoms with Crippen LogP contribution in [0.3, 0.4) is 0 Å². The molecule has 0 bridgehead atoms.